The van der Waals surface area contributed by atoms with E-state index in [-0.39, 0.29) is 0 Å². The van der Waals surface area contributed by atoms with Gasteiger partial charge in [0, 0.05) is 14.3 Å². The van der Waals surface area contributed by atoms with Gasteiger partial charge in [-0.05, 0) is 30.4 Å². The lowest BCUT2D eigenvalue weighted by molar-refractivity contribution is 0.544. The predicted molar refractivity (Wildman–Crippen MR) is 104 cm³/mol. The third kappa shape index (κ3) is 6.83. The summed E-state index contributed by atoms with van der Waals surface area (Å²) in [7, 11) is 0. The molecule has 0 fully saturated rings. The number of hydrogen-bond acceptors (Lipinski definition) is 2. The second-order valence-corrected chi connectivity index (χ2v) is 8.62. The average Bonchev–Trinajstić information content (AvgIpc) is 3.09. The van der Waals surface area contributed by atoms with Crippen LogP contribution in [0.4, 0.5) is 0 Å². The molecule has 0 aliphatic carbocycles. The van der Waals surface area contributed by atoms with Crippen molar-refractivity contribution in [1.82, 2.24) is 0 Å². The van der Waals surface area contributed by atoms with Gasteiger partial charge >= 0.3 is 0 Å². The zero-order valence-corrected chi connectivity index (χ0v) is 15.9. The van der Waals surface area contributed by atoms with E-state index >= 15 is 0 Å². The van der Waals surface area contributed by atoms with E-state index in [2.05, 4.69) is 24.4 Å². The molecule has 124 valence electrons. The fourth-order valence-corrected chi connectivity index (χ4v) is 5.26. The molecule has 0 spiro atoms. The molecule has 0 unspecified atom stereocenters. The van der Waals surface area contributed by atoms with E-state index in [1.807, 2.05) is 22.7 Å². The van der Waals surface area contributed by atoms with Crippen LogP contribution in [-0.4, -0.2) is 0 Å². The first kappa shape index (κ1) is 18.0. The van der Waals surface area contributed by atoms with Crippen molar-refractivity contribution in [2.45, 2.75) is 90.4 Å². The van der Waals surface area contributed by atoms with E-state index in [4.69, 9.17) is 0 Å². The number of rotatable bonds is 13. The van der Waals surface area contributed by atoms with Gasteiger partial charge in [0.1, 0.15) is 0 Å². The molecule has 0 saturated carbocycles. The molecular weight excluding hydrogens is 304 g/mol. The van der Waals surface area contributed by atoms with Crippen molar-refractivity contribution < 1.29 is 0 Å². The highest BCUT2D eigenvalue weighted by atomic mass is 32.1. The molecule has 2 rings (SSSR count). The Bertz CT molecular complexity index is 466. The van der Waals surface area contributed by atoms with Gasteiger partial charge in [-0.15, -0.1) is 22.7 Å². The largest absolute Gasteiger partial charge is 0.143 e. The Balaban J connectivity index is 1.38. The van der Waals surface area contributed by atoms with E-state index in [1.54, 1.807) is 4.88 Å². The van der Waals surface area contributed by atoms with Gasteiger partial charge in [-0.1, -0.05) is 77.6 Å². The predicted octanol–water partition coefficient (Wildman–Crippen LogP) is 8.21. The van der Waals surface area contributed by atoms with Gasteiger partial charge < -0.3 is 0 Å². The van der Waals surface area contributed by atoms with Crippen LogP contribution >= 0.6 is 22.7 Å². The van der Waals surface area contributed by atoms with Crippen LogP contribution in [0.25, 0.3) is 9.40 Å². The van der Waals surface area contributed by atoms with E-state index in [9.17, 15) is 0 Å². The molecular formula is C20H32S2. The molecule has 0 aliphatic heterocycles. The van der Waals surface area contributed by atoms with Gasteiger partial charge in [-0.25, -0.2) is 0 Å². The Morgan fingerprint density at radius 2 is 1.32 bits per heavy atom. The van der Waals surface area contributed by atoms with Crippen molar-refractivity contribution in [1.29, 1.82) is 0 Å². The molecule has 2 heterocycles. The Morgan fingerprint density at radius 3 is 1.91 bits per heavy atom. The minimum atomic E-state index is 1.30. The Labute approximate surface area is 145 Å². The second kappa shape index (κ2) is 11.2. The van der Waals surface area contributed by atoms with Crippen molar-refractivity contribution >= 4 is 32.1 Å². The number of fused-ring (bicyclic) bond motifs is 1. The number of hydrogen-bond donors (Lipinski definition) is 0. The molecule has 0 N–H and O–H groups in total. The highest BCUT2D eigenvalue weighted by Gasteiger charge is 2.02. The zero-order valence-electron chi connectivity index (χ0n) is 14.2. The molecule has 22 heavy (non-hydrogen) atoms. The van der Waals surface area contributed by atoms with Crippen LogP contribution in [-0.2, 0) is 6.42 Å². The van der Waals surface area contributed by atoms with E-state index < -0.39 is 0 Å². The summed E-state index contributed by atoms with van der Waals surface area (Å²) >= 11 is 3.88. The fourth-order valence-electron chi connectivity index (χ4n) is 3.08. The smallest absolute Gasteiger partial charge is 0.0453 e. The SMILES string of the molecule is CCCCCCCCCCCCCCc1cc2sccc2s1. The highest BCUT2D eigenvalue weighted by molar-refractivity contribution is 7.26. The maximum atomic E-state index is 2.41. The molecule has 0 amide bonds. The monoisotopic (exact) mass is 336 g/mol. The summed E-state index contributed by atoms with van der Waals surface area (Å²) in [5.41, 5.74) is 0. The summed E-state index contributed by atoms with van der Waals surface area (Å²) in [4.78, 5) is 1.59. The summed E-state index contributed by atoms with van der Waals surface area (Å²) in [6, 6.07) is 4.67. The van der Waals surface area contributed by atoms with Crippen LogP contribution in [0.3, 0.4) is 0 Å². The second-order valence-electron chi connectivity index (χ2n) is 6.50. The van der Waals surface area contributed by atoms with Crippen molar-refractivity contribution in [3.05, 3.63) is 22.4 Å². The lowest BCUT2D eigenvalue weighted by Gasteiger charge is -2.02. The summed E-state index contributed by atoms with van der Waals surface area (Å²) in [6.07, 6.45) is 18.6. The van der Waals surface area contributed by atoms with Crippen LogP contribution in [0.1, 0.15) is 88.9 Å². The summed E-state index contributed by atoms with van der Waals surface area (Å²) in [5, 5.41) is 2.20. The molecule has 2 aromatic heterocycles. The van der Waals surface area contributed by atoms with Crippen LogP contribution < -0.4 is 0 Å². The number of aryl methyl sites for hydroxylation is 1. The lowest BCUT2D eigenvalue weighted by atomic mass is 10.0. The minimum Gasteiger partial charge on any atom is -0.143 e. The molecule has 2 aromatic rings. The molecule has 2 heteroatoms. The van der Waals surface area contributed by atoms with Gasteiger partial charge in [0.15, 0.2) is 0 Å². The standard InChI is InChI=1S/C20H32S2/c1-2-3-4-5-6-7-8-9-10-11-12-13-14-18-17-20-19(22-18)15-16-21-20/h15-17H,2-14H2,1H3. The maximum absolute atomic E-state index is 2.41. The summed E-state index contributed by atoms with van der Waals surface area (Å²) in [6.45, 7) is 2.29. The lowest BCUT2D eigenvalue weighted by Crippen LogP contribution is -1.84. The Morgan fingerprint density at radius 1 is 0.727 bits per heavy atom. The first-order valence-corrected chi connectivity index (χ1v) is 11.1. The normalized spacial score (nSPS) is 11.5. The third-order valence-corrected chi connectivity index (χ3v) is 6.62. The average molecular weight is 337 g/mol. The van der Waals surface area contributed by atoms with Crippen LogP contribution in [0.2, 0.25) is 0 Å². The van der Waals surface area contributed by atoms with Crippen LogP contribution in [0.15, 0.2) is 17.5 Å². The van der Waals surface area contributed by atoms with E-state index in [0.717, 1.165) is 0 Å². The minimum absolute atomic E-state index is 1.30. The van der Waals surface area contributed by atoms with Gasteiger partial charge in [-0.2, -0.15) is 0 Å². The van der Waals surface area contributed by atoms with Crippen molar-refractivity contribution in [3.8, 4) is 0 Å². The number of unbranched alkanes of at least 4 members (excludes halogenated alkanes) is 11. The van der Waals surface area contributed by atoms with Crippen LogP contribution in [0, 0.1) is 0 Å². The zero-order chi connectivity index (χ0) is 15.5. The van der Waals surface area contributed by atoms with Gasteiger partial charge in [-0.3, -0.25) is 0 Å². The van der Waals surface area contributed by atoms with E-state index in [0.29, 0.717) is 0 Å². The molecule has 0 radical (unpaired) electrons. The van der Waals surface area contributed by atoms with Crippen molar-refractivity contribution in [2.24, 2.45) is 0 Å². The highest BCUT2D eigenvalue weighted by Crippen LogP contribution is 2.30. The molecule has 0 aliphatic rings. The molecule has 0 nitrogen and oxygen atoms in total. The quantitative estimate of drug-likeness (QED) is 0.323. The van der Waals surface area contributed by atoms with Gasteiger partial charge in [0.05, 0.1) is 0 Å². The molecule has 0 aromatic carbocycles. The third-order valence-electron chi connectivity index (χ3n) is 4.47. The van der Waals surface area contributed by atoms with Gasteiger partial charge in [0.25, 0.3) is 0 Å². The van der Waals surface area contributed by atoms with Crippen LogP contribution in [0.5, 0.6) is 0 Å². The van der Waals surface area contributed by atoms with E-state index in [1.165, 1.54) is 92.9 Å². The molecule has 0 atom stereocenters. The maximum Gasteiger partial charge on any atom is 0.0453 e. The first-order valence-electron chi connectivity index (χ1n) is 9.36. The summed E-state index contributed by atoms with van der Waals surface area (Å²) < 4.78 is 2.97. The molecule has 0 bridgehead atoms. The fraction of sp³-hybridized carbons (Fsp3) is 0.700. The van der Waals surface area contributed by atoms with Crippen molar-refractivity contribution in [3.63, 3.8) is 0 Å². The number of thiophene rings is 2. The Hall–Kier alpha value is -0.340. The van der Waals surface area contributed by atoms with Gasteiger partial charge in [0.2, 0.25) is 0 Å². The summed E-state index contributed by atoms with van der Waals surface area (Å²) in [5.74, 6) is 0. The Kier molecular flexibility index (Phi) is 9.20. The van der Waals surface area contributed by atoms with Crippen molar-refractivity contribution in [2.75, 3.05) is 0 Å². The topological polar surface area (TPSA) is 0 Å². The first-order chi connectivity index (χ1) is 10.9. The molecule has 0 saturated heterocycles.